The number of rotatable bonds is 1. The molecule has 4 heteroatoms. The minimum absolute atomic E-state index is 0.259. The Kier molecular flexibility index (Phi) is 2.80. The van der Waals surface area contributed by atoms with Crippen molar-refractivity contribution in [1.82, 2.24) is 0 Å². The first-order valence-corrected chi connectivity index (χ1v) is 6.01. The van der Waals surface area contributed by atoms with Gasteiger partial charge in [-0.05, 0) is 30.0 Å². The van der Waals surface area contributed by atoms with Crippen LogP contribution in [0.15, 0.2) is 22.7 Å². The van der Waals surface area contributed by atoms with Gasteiger partial charge in [0.2, 0.25) is 0 Å². The SMILES string of the molecule is COC(=O)c1sc2cc(Br)ccc2c1C. The summed E-state index contributed by atoms with van der Waals surface area (Å²) in [5.41, 5.74) is 0.995. The molecule has 0 unspecified atom stereocenters. The molecule has 1 aromatic heterocycles. The highest BCUT2D eigenvalue weighted by Crippen LogP contribution is 2.32. The molecule has 0 radical (unpaired) electrons. The second kappa shape index (κ2) is 3.94. The summed E-state index contributed by atoms with van der Waals surface area (Å²) in [5.74, 6) is -0.259. The number of fused-ring (bicyclic) bond motifs is 1. The maximum Gasteiger partial charge on any atom is 0.348 e. The Morgan fingerprint density at radius 1 is 1.47 bits per heavy atom. The van der Waals surface area contributed by atoms with E-state index in [1.54, 1.807) is 0 Å². The van der Waals surface area contributed by atoms with Crippen molar-refractivity contribution in [2.45, 2.75) is 6.92 Å². The fourth-order valence-electron chi connectivity index (χ4n) is 1.49. The Labute approximate surface area is 100.0 Å². The number of hydrogen-bond acceptors (Lipinski definition) is 3. The summed E-state index contributed by atoms with van der Waals surface area (Å²) in [4.78, 5) is 12.2. The Morgan fingerprint density at radius 2 is 2.20 bits per heavy atom. The number of methoxy groups -OCH3 is 1. The summed E-state index contributed by atoms with van der Waals surface area (Å²) in [6.07, 6.45) is 0. The molecule has 1 aromatic carbocycles. The molecule has 0 spiro atoms. The number of halogens is 1. The fourth-order valence-corrected chi connectivity index (χ4v) is 3.17. The molecule has 0 atom stereocenters. The van der Waals surface area contributed by atoms with Crippen molar-refractivity contribution in [2.75, 3.05) is 7.11 Å². The van der Waals surface area contributed by atoms with Crippen molar-refractivity contribution >= 4 is 43.3 Å². The molecule has 0 saturated heterocycles. The number of hydrogen-bond donors (Lipinski definition) is 0. The Bertz CT molecular complexity index is 531. The van der Waals surface area contributed by atoms with Crippen LogP contribution in [0.1, 0.15) is 15.2 Å². The largest absolute Gasteiger partial charge is 0.465 e. The zero-order valence-corrected chi connectivity index (χ0v) is 10.7. The van der Waals surface area contributed by atoms with Crippen LogP contribution >= 0.6 is 27.3 Å². The van der Waals surface area contributed by atoms with Crippen LogP contribution in [0.25, 0.3) is 10.1 Å². The summed E-state index contributed by atoms with van der Waals surface area (Å²) in [6, 6.07) is 6.00. The molecule has 0 N–H and O–H groups in total. The van der Waals surface area contributed by atoms with Crippen LogP contribution in [0.4, 0.5) is 0 Å². The van der Waals surface area contributed by atoms with Crippen molar-refractivity contribution in [2.24, 2.45) is 0 Å². The number of benzene rings is 1. The fraction of sp³-hybridized carbons (Fsp3) is 0.182. The van der Waals surface area contributed by atoms with Crippen LogP contribution in [0.2, 0.25) is 0 Å². The molecule has 2 nitrogen and oxygen atoms in total. The van der Waals surface area contributed by atoms with Crippen LogP contribution in [0, 0.1) is 6.92 Å². The van der Waals surface area contributed by atoms with E-state index >= 15 is 0 Å². The van der Waals surface area contributed by atoms with Crippen molar-refractivity contribution in [3.63, 3.8) is 0 Å². The Morgan fingerprint density at radius 3 is 2.87 bits per heavy atom. The topological polar surface area (TPSA) is 26.3 Å². The minimum atomic E-state index is -0.259. The highest BCUT2D eigenvalue weighted by atomic mass is 79.9. The van der Waals surface area contributed by atoms with E-state index < -0.39 is 0 Å². The van der Waals surface area contributed by atoms with E-state index in [1.807, 2.05) is 25.1 Å². The van der Waals surface area contributed by atoms with Gasteiger partial charge in [-0.25, -0.2) is 4.79 Å². The molecular formula is C11H9BrO2S. The Hall–Kier alpha value is -0.870. The van der Waals surface area contributed by atoms with Crippen LogP contribution in [0.5, 0.6) is 0 Å². The van der Waals surface area contributed by atoms with E-state index in [0.717, 1.165) is 20.1 Å². The van der Waals surface area contributed by atoms with Crippen LogP contribution < -0.4 is 0 Å². The summed E-state index contributed by atoms with van der Waals surface area (Å²) >= 11 is 4.88. The molecule has 2 aromatic rings. The van der Waals surface area contributed by atoms with E-state index in [4.69, 9.17) is 4.74 Å². The zero-order chi connectivity index (χ0) is 11.0. The molecule has 0 bridgehead atoms. The number of esters is 1. The second-order valence-corrected chi connectivity index (χ2v) is 5.16. The predicted octanol–water partition coefficient (Wildman–Crippen LogP) is 3.76. The number of carbonyl (C=O) groups is 1. The summed E-state index contributed by atoms with van der Waals surface area (Å²) in [6.45, 7) is 1.94. The lowest BCUT2D eigenvalue weighted by Crippen LogP contribution is -1.99. The monoisotopic (exact) mass is 284 g/mol. The van der Waals surface area contributed by atoms with E-state index in [1.165, 1.54) is 18.4 Å². The van der Waals surface area contributed by atoms with Gasteiger partial charge >= 0.3 is 5.97 Å². The maximum absolute atomic E-state index is 11.5. The predicted molar refractivity (Wildman–Crippen MR) is 65.6 cm³/mol. The summed E-state index contributed by atoms with van der Waals surface area (Å²) < 4.78 is 6.86. The number of aryl methyl sites for hydroxylation is 1. The number of thiophene rings is 1. The van der Waals surface area contributed by atoms with E-state index in [-0.39, 0.29) is 5.97 Å². The molecule has 0 aliphatic heterocycles. The molecule has 1 heterocycles. The molecular weight excluding hydrogens is 276 g/mol. The smallest absolute Gasteiger partial charge is 0.348 e. The van der Waals surface area contributed by atoms with Crippen molar-refractivity contribution in [3.8, 4) is 0 Å². The zero-order valence-electron chi connectivity index (χ0n) is 8.33. The van der Waals surface area contributed by atoms with Gasteiger partial charge in [-0.3, -0.25) is 0 Å². The van der Waals surface area contributed by atoms with Crippen LogP contribution in [-0.4, -0.2) is 13.1 Å². The normalized spacial score (nSPS) is 10.6. The van der Waals surface area contributed by atoms with Gasteiger partial charge in [0.1, 0.15) is 4.88 Å². The van der Waals surface area contributed by atoms with Crippen molar-refractivity contribution in [1.29, 1.82) is 0 Å². The molecule has 0 aliphatic rings. The highest BCUT2D eigenvalue weighted by Gasteiger charge is 2.15. The standard InChI is InChI=1S/C11H9BrO2S/c1-6-8-4-3-7(12)5-9(8)15-10(6)11(13)14-2/h3-5H,1-2H3. The number of carbonyl (C=O) groups excluding carboxylic acids is 1. The molecule has 78 valence electrons. The first-order chi connectivity index (χ1) is 7.13. The minimum Gasteiger partial charge on any atom is -0.465 e. The highest BCUT2D eigenvalue weighted by molar-refractivity contribution is 9.10. The van der Waals surface area contributed by atoms with Gasteiger partial charge in [0.05, 0.1) is 7.11 Å². The lowest BCUT2D eigenvalue weighted by Gasteiger charge is -1.95. The van der Waals surface area contributed by atoms with E-state index in [0.29, 0.717) is 4.88 Å². The van der Waals surface area contributed by atoms with Gasteiger partial charge in [-0.15, -0.1) is 11.3 Å². The second-order valence-electron chi connectivity index (χ2n) is 3.19. The van der Waals surface area contributed by atoms with Gasteiger partial charge in [-0.1, -0.05) is 22.0 Å². The van der Waals surface area contributed by atoms with Crippen molar-refractivity contribution in [3.05, 3.63) is 33.1 Å². The van der Waals surface area contributed by atoms with E-state index in [2.05, 4.69) is 15.9 Å². The molecule has 0 aliphatic carbocycles. The molecule has 15 heavy (non-hydrogen) atoms. The lowest BCUT2D eigenvalue weighted by atomic mass is 10.1. The third-order valence-corrected chi connectivity index (χ3v) is 4.00. The van der Waals surface area contributed by atoms with Crippen molar-refractivity contribution < 1.29 is 9.53 Å². The van der Waals surface area contributed by atoms with Gasteiger partial charge < -0.3 is 4.74 Å². The average molecular weight is 285 g/mol. The first kappa shape index (κ1) is 10.6. The van der Waals surface area contributed by atoms with Gasteiger partial charge in [-0.2, -0.15) is 0 Å². The summed E-state index contributed by atoms with van der Waals surface area (Å²) in [7, 11) is 1.40. The molecule has 0 amide bonds. The molecule has 0 fully saturated rings. The summed E-state index contributed by atoms with van der Waals surface area (Å²) in [5, 5.41) is 1.11. The first-order valence-electron chi connectivity index (χ1n) is 4.40. The number of ether oxygens (including phenoxy) is 1. The average Bonchev–Trinajstić information content (AvgIpc) is 2.54. The third-order valence-electron chi connectivity index (χ3n) is 2.27. The van der Waals surface area contributed by atoms with Gasteiger partial charge in [0.15, 0.2) is 0 Å². The van der Waals surface area contributed by atoms with Crippen LogP contribution in [0.3, 0.4) is 0 Å². The lowest BCUT2D eigenvalue weighted by molar-refractivity contribution is 0.0605. The molecule has 2 rings (SSSR count). The third kappa shape index (κ3) is 1.79. The van der Waals surface area contributed by atoms with Gasteiger partial charge in [0.25, 0.3) is 0 Å². The maximum atomic E-state index is 11.5. The van der Waals surface area contributed by atoms with E-state index in [9.17, 15) is 4.79 Å². The molecule has 0 saturated carbocycles. The Balaban J connectivity index is 2.69. The van der Waals surface area contributed by atoms with Crippen LogP contribution in [-0.2, 0) is 4.74 Å². The van der Waals surface area contributed by atoms with Gasteiger partial charge in [0, 0.05) is 9.17 Å². The quantitative estimate of drug-likeness (QED) is 0.746.